The summed E-state index contributed by atoms with van der Waals surface area (Å²) in [5.41, 5.74) is 0.696. The Morgan fingerprint density at radius 3 is 2.50 bits per heavy atom. The SMILES string of the molecule is CC(=O)C(=O)CCc1ccccc1O. The Hall–Kier alpha value is -1.64. The van der Waals surface area contributed by atoms with E-state index in [0.717, 1.165) is 0 Å². The first kappa shape index (κ1) is 10.4. The lowest BCUT2D eigenvalue weighted by molar-refractivity contribution is -0.135. The number of para-hydroxylation sites is 1. The summed E-state index contributed by atoms with van der Waals surface area (Å²) >= 11 is 0. The van der Waals surface area contributed by atoms with Crippen LogP contribution in [-0.2, 0) is 16.0 Å². The molecule has 0 aromatic heterocycles. The summed E-state index contributed by atoms with van der Waals surface area (Å²) < 4.78 is 0. The molecule has 0 atom stereocenters. The van der Waals surface area contributed by atoms with E-state index < -0.39 is 11.6 Å². The van der Waals surface area contributed by atoms with Crippen molar-refractivity contribution in [3.05, 3.63) is 29.8 Å². The van der Waals surface area contributed by atoms with Crippen molar-refractivity contribution in [3.8, 4) is 5.75 Å². The molecule has 3 nitrogen and oxygen atoms in total. The third-order valence-electron chi connectivity index (χ3n) is 2.01. The molecule has 0 heterocycles. The Bertz CT molecular complexity index is 355. The van der Waals surface area contributed by atoms with Crippen LogP contribution in [0.1, 0.15) is 18.9 Å². The summed E-state index contributed by atoms with van der Waals surface area (Å²) in [5, 5.41) is 9.37. The molecule has 0 fully saturated rings. The smallest absolute Gasteiger partial charge is 0.198 e. The van der Waals surface area contributed by atoms with E-state index in [2.05, 4.69) is 0 Å². The monoisotopic (exact) mass is 192 g/mol. The van der Waals surface area contributed by atoms with Gasteiger partial charge < -0.3 is 5.11 Å². The average Bonchev–Trinajstić information content (AvgIpc) is 2.16. The highest BCUT2D eigenvalue weighted by atomic mass is 16.3. The number of carbonyl (C=O) groups excluding carboxylic acids is 2. The Kier molecular flexibility index (Phi) is 3.40. The Morgan fingerprint density at radius 1 is 1.29 bits per heavy atom. The van der Waals surface area contributed by atoms with Gasteiger partial charge in [0.05, 0.1) is 0 Å². The van der Waals surface area contributed by atoms with Crippen molar-refractivity contribution < 1.29 is 14.7 Å². The fourth-order valence-electron chi connectivity index (χ4n) is 1.15. The Morgan fingerprint density at radius 2 is 1.93 bits per heavy atom. The van der Waals surface area contributed by atoms with Crippen LogP contribution in [0.15, 0.2) is 24.3 Å². The zero-order valence-electron chi connectivity index (χ0n) is 7.99. The number of phenolic OH excluding ortho intramolecular Hbond substituents is 1. The molecule has 0 aliphatic rings. The van der Waals surface area contributed by atoms with E-state index in [1.807, 2.05) is 0 Å². The molecule has 3 heteroatoms. The molecule has 0 amide bonds. The van der Waals surface area contributed by atoms with Gasteiger partial charge >= 0.3 is 0 Å². The van der Waals surface area contributed by atoms with E-state index in [4.69, 9.17) is 0 Å². The second-order valence-electron chi connectivity index (χ2n) is 3.11. The van der Waals surface area contributed by atoms with Crippen molar-refractivity contribution in [1.82, 2.24) is 0 Å². The maximum absolute atomic E-state index is 11.0. The van der Waals surface area contributed by atoms with Gasteiger partial charge in [-0.05, 0) is 18.1 Å². The number of aromatic hydroxyl groups is 1. The lowest BCUT2D eigenvalue weighted by Crippen LogP contribution is -2.09. The second kappa shape index (κ2) is 4.56. The van der Waals surface area contributed by atoms with Crippen LogP contribution in [0, 0.1) is 0 Å². The molecule has 0 radical (unpaired) electrons. The van der Waals surface area contributed by atoms with E-state index in [1.54, 1.807) is 24.3 Å². The summed E-state index contributed by atoms with van der Waals surface area (Å²) in [6.07, 6.45) is 0.567. The van der Waals surface area contributed by atoms with E-state index in [9.17, 15) is 14.7 Å². The zero-order chi connectivity index (χ0) is 10.6. The van der Waals surface area contributed by atoms with E-state index in [0.29, 0.717) is 12.0 Å². The van der Waals surface area contributed by atoms with Crippen LogP contribution in [0.3, 0.4) is 0 Å². The molecule has 1 rings (SSSR count). The summed E-state index contributed by atoms with van der Waals surface area (Å²) in [5.74, 6) is -0.655. The number of ketones is 2. The number of rotatable bonds is 4. The van der Waals surface area contributed by atoms with E-state index in [-0.39, 0.29) is 12.2 Å². The fourth-order valence-corrected chi connectivity index (χ4v) is 1.15. The first-order chi connectivity index (χ1) is 6.61. The van der Waals surface area contributed by atoms with Crippen LogP contribution >= 0.6 is 0 Å². The molecule has 0 saturated carbocycles. The Balaban J connectivity index is 2.58. The predicted octanol–water partition coefficient (Wildman–Crippen LogP) is 1.48. The number of carbonyl (C=O) groups is 2. The van der Waals surface area contributed by atoms with Crippen molar-refractivity contribution in [2.45, 2.75) is 19.8 Å². The maximum Gasteiger partial charge on any atom is 0.198 e. The van der Waals surface area contributed by atoms with Crippen LogP contribution < -0.4 is 0 Å². The summed E-state index contributed by atoms with van der Waals surface area (Å²) in [4.78, 5) is 21.6. The average molecular weight is 192 g/mol. The molecule has 0 aliphatic heterocycles. The molecule has 14 heavy (non-hydrogen) atoms. The third-order valence-corrected chi connectivity index (χ3v) is 2.01. The summed E-state index contributed by atoms with van der Waals surface area (Å²) in [6.45, 7) is 1.26. The van der Waals surface area contributed by atoms with Gasteiger partial charge in [0.1, 0.15) is 5.75 Å². The molecule has 74 valence electrons. The van der Waals surface area contributed by atoms with Gasteiger partial charge in [0, 0.05) is 13.3 Å². The van der Waals surface area contributed by atoms with Crippen molar-refractivity contribution in [3.63, 3.8) is 0 Å². The molecule has 0 saturated heterocycles. The quantitative estimate of drug-likeness (QED) is 0.735. The van der Waals surface area contributed by atoms with Crippen molar-refractivity contribution in [2.75, 3.05) is 0 Å². The van der Waals surface area contributed by atoms with E-state index in [1.165, 1.54) is 6.92 Å². The van der Waals surface area contributed by atoms with Gasteiger partial charge in [0.25, 0.3) is 0 Å². The van der Waals surface area contributed by atoms with Gasteiger partial charge in [-0.1, -0.05) is 18.2 Å². The Labute approximate surface area is 82.4 Å². The predicted molar refractivity (Wildman–Crippen MR) is 52.1 cm³/mol. The third kappa shape index (κ3) is 2.69. The minimum atomic E-state index is -0.430. The number of benzene rings is 1. The molecule has 1 aromatic carbocycles. The van der Waals surface area contributed by atoms with Gasteiger partial charge in [-0.2, -0.15) is 0 Å². The molecule has 0 spiro atoms. The van der Waals surface area contributed by atoms with Crippen molar-refractivity contribution >= 4 is 11.6 Å². The molecule has 1 aromatic rings. The maximum atomic E-state index is 11.0. The van der Waals surface area contributed by atoms with Crippen molar-refractivity contribution in [2.24, 2.45) is 0 Å². The van der Waals surface area contributed by atoms with Gasteiger partial charge in [-0.3, -0.25) is 9.59 Å². The largest absolute Gasteiger partial charge is 0.508 e. The van der Waals surface area contributed by atoms with Gasteiger partial charge in [-0.25, -0.2) is 0 Å². The highest BCUT2D eigenvalue weighted by molar-refractivity contribution is 6.36. The van der Waals surface area contributed by atoms with Gasteiger partial charge in [-0.15, -0.1) is 0 Å². The lowest BCUT2D eigenvalue weighted by atomic mass is 10.1. The van der Waals surface area contributed by atoms with E-state index >= 15 is 0 Å². The van der Waals surface area contributed by atoms with Gasteiger partial charge in [0.15, 0.2) is 11.6 Å². The van der Waals surface area contributed by atoms with Crippen LogP contribution in [0.4, 0.5) is 0 Å². The van der Waals surface area contributed by atoms with Crippen molar-refractivity contribution in [1.29, 1.82) is 0 Å². The normalized spacial score (nSPS) is 9.79. The molecule has 0 bridgehead atoms. The number of aryl methyl sites for hydroxylation is 1. The standard InChI is InChI=1S/C11H12O3/c1-8(12)10(13)7-6-9-4-2-3-5-11(9)14/h2-5,14H,6-7H2,1H3. The number of hydrogen-bond acceptors (Lipinski definition) is 3. The van der Waals surface area contributed by atoms with Crippen LogP contribution in [0.25, 0.3) is 0 Å². The number of Topliss-reactive ketones (excluding diaryl/α,β-unsaturated/α-hetero) is 2. The summed E-state index contributed by atoms with van der Waals surface area (Å²) in [7, 11) is 0. The first-order valence-electron chi connectivity index (χ1n) is 4.42. The zero-order valence-corrected chi connectivity index (χ0v) is 7.99. The van der Waals surface area contributed by atoms with Crippen LogP contribution in [-0.4, -0.2) is 16.7 Å². The highest BCUT2D eigenvalue weighted by Crippen LogP contribution is 2.17. The number of phenols is 1. The van der Waals surface area contributed by atoms with Gasteiger partial charge in [0.2, 0.25) is 0 Å². The molecule has 0 aliphatic carbocycles. The molecular weight excluding hydrogens is 180 g/mol. The topological polar surface area (TPSA) is 54.4 Å². The fraction of sp³-hybridized carbons (Fsp3) is 0.273. The second-order valence-corrected chi connectivity index (χ2v) is 3.11. The van der Waals surface area contributed by atoms with Crippen LogP contribution in [0.2, 0.25) is 0 Å². The molecule has 1 N–H and O–H groups in total. The minimum absolute atomic E-state index is 0.160. The lowest BCUT2D eigenvalue weighted by Gasteiger charge is -2.01. The number of hydrogen-bond donors (Lipinski definition) is 1. The molecule has 0 unspecified atom stereocenters. The first-order valence-corrected chi connectivity index (χ1v) is 4.42. The molecular formula is C11H12O3. The highest BCUT2D eigenvalue weighted by Gasteiger charge is 2.08. The van der Waals surface area contributed by atoms with Crippen LogP contribution in [0.5, 0.6) is 5.75 Å². The summed E-state index contributed by atoms with van der Waals surface area (Å²) in [6, 6.07) is 6.80. The minimum Gasteiger partial charge on any atom is -0.508 e.